The first kappa shape index (κ1) is 19.8. The number of imide groups is 4. The maximum atomic E-state index is 13.2. The lowest BCUT2D eigenvalue weighted by molar-refractivity contribution is -0.162. The van der Waals surface area contributed by atoms with Gasteiger partial charge in [0.15, 0.2) is 0 Å². The van der Waals surface area contributed by atoms with E-state index in [2.05, 4.69) is 0 Å². The van der Waals surface area contributed by atoms with Gasteiger partial charge >= 0.3 is 18.0 Å². The number of ether oxygens (including phenoxy) is 1. The van der Waals surface area contributed by atoms with E-state index in [0.29, 0.717) is 0 Å². The minimum absolute atomic E-state index is 0.0298. The smallest absolute Gasteiger partial charge is 0.340 e. The lowest BCUT2D eigenvalue weighted by Gasteiger charge is -2.37. The zero-order valence-electron chi connectivity index (χ0n) is 15.9. The Balaban J connectivity index is 1.82. The number of esters is 1. The number of primary amides is 1. The molecule has 31 heavy (non-hydrogen) atoms. The highest BCUT2D eigenvalue weighted by Gasteiger charge is 2.60. The number of nitrogens with two attached hydrogens (primary N) is 1. The van der Waals surface area contributed by atoms with E-state index < -0.39 is 35.4 Å². The molecule has 9 nitrogen and oxygen atoms in total. The van der Waals surface area contributed by atoms with Gasteiger partial charge in [-0.05, 0) is 22.9 Å². The first-order valence-electron chi connectivity index (χ1n) is 9.11. The van der Waals surface area contributed by atoms with Crippen molar-refractivity contribution in [3.05, 3.63) is 83.9 Å². The molecule has 3 aromatic carbocycles. The number of nitrogens with zero attached hydrogens (tertiary/aromatic N) is 1. The second-order valence-electron chi connectivity index (χ2n) is 6.74. The number of nitrogens with one attached hydrogen (secondary N) is 1. The zero-order chi connectivity index (χ0) is 22.2. The number of benzene rings is 3. The number of amides is 6. The minimum Gasteiger partial charge on any atom is -0.430 e. The summed E-state index contributed by atoms with van der Waals surface area (Å²) < 4.78 is 5.45. The Morgan fingerprint density at radius 3 is 2.19 bits per heavy atom. The number of barbiturate groups is 1. The Hall–Kier alpha value is -4.53. The lowest BCUT2D eigenvalue weighted by atomic mass is 9.89. The molecule has 0 aromatic heterocycles. The Labute approximate surface area is 175 Å². The first-order chi connectivity index (χ1) is 14.8. The number of hydrogen-bond acceptors (Lipinski definition) is 6. The van der Waals surface area contributed by atoms with Crippen LogP contribution in [0.25, 0.3) is 10.8 Å². The predicted octanol–water partition coefficient (Wildman–Crippen LogP) is 2.05. The van der Waals surface area contributed by atoms with Crippen LogP contribution >= 0.6 is 0 Å². The summed E-state index contributed by atoms with van der Waals surface area (Å²) in [7, 11) is 0. The van der Waals surface area contributed by atoms with Gasteiger partial charge in [0.25, 0.3) is 17.4 Å². The Morgan fingerprint density at radius 2 is 1.52 bits per heavy atom. The third kappa shape index (κ3) is 3.18. The fraction of sp³-hybridized carbons (Fsp3) is 0.0455. The van der Waals surface area contributed by atoms with Crippen LogP contribution in [-0.4, -0.2) is 34.7 Å². The van der Waals surface area contributed by atoms with Gasteiger partial charge in [0.1, 0.15) is 0 Å². The Kier molecular flexibility index (Phi) is 4.70. The number of carbonyl (C=O) groups excluding carboxylic acids is 5. The summed E-state index contributed by atoms with van der Waals surface area (Å²) in [5, 5.41) is 3.47. The normalized spacial score (nSPS) is 18.6. The molecule has 1 saturated heterocycles. The number of carbonyl (C=O) groups is 5. The summed E-state index contributed by atoms with van der Waals surface area (Å²) in [6.45, 7) is 0. The van der Waals surface area contributed by atoms with Crippen LogP contribution in [-0.2, 0) is 19.9 Å². The first-order valence-corrected chi connectivity index (χ1v) is 9.11. The van der Waals surface area contributed by atoms with Crippen molar-refractivity contribution in [3.8, 4) is 0 Å². The van der Waals surface area contributed by atoms with E-state index in [1.165, 1.54) is 30.3 Å². The van der Waals surface area contributed by atoms with Crippen LogP contribution in [0.4, 0.5) is 9.59 Å². The third-order valence-electron chi connectivity index (χ3n) is 4.88. The van der Waals surface area contributed by atoms with Crippen LogP contribution in [0.15, 0.2) is 72.8 Å². The van der Waals surface area contributed by atoms with E-state index in [1.54, 1.807) is 30.3 Å². The molecule has 1 aliphatic rings. The van der Waals surface area contributed by atoms with Crippen LogP contribution in [0.1, 0.15) is 15.9 Å². The summed E-state index contributed by atoms with van der Waals surface area (Å²) >= 11 is 0. The van der Waals surface area contributed by atoms with Crippen LogP contribution in [0.3, 0.4) is 0 Å². The largest absolute Gasteiger partial charge is 0.430 e. The molecule has 1 fully saturated rings. The number of hydrogen-bond donors (Lipinski definition) is 2. The summed E-state index contributed by atoms with van der Waals surface area (Å²) in [6.07, 6.45) is 0. The lowest BCUT2D eigenvalue weighted by Crippen LogP contribution is -2.69. The monoisotopic (exact) mass is 417 g/mol. The van der Waals surface area contributed by atoms with E-state index in [-0.39, 0.29) is 16.0 Å². The average molecular weight is 417 g/mol. The molecule has 0 radical (unpaired) electrons. The van der Waals surface area contributed by atoms with E-state index >= 15 is 0 Å². The number of fused-ring (bicyclic) bond motifs is 1. The van der Waals surface area contributed by atoms with E-state index in [0.717, 1.165) is 10.8 Å². The van der Waals surface area contributed by atoms with E-state index in [4.69, 9.17) is 10.5 Å². The molecule has 1 heterocycles. The maximum Gasteiger partial charge on any atom is 0.340 e. The minimum atomic E-state index is -2.62. The van der Waals surface area contributed by atoms with Crippen molar-refractivity contribution in [1.29, 1.82) is 0 Å². The van der Waals surface area contributed by atoms with Crippen LogP contribution in [0.5, 0.6) is 0 Å². The molecule has 3 N–H and O–H groups in total. The molecule has 1 aliphatic heterocycles. The molecular formula is C22H15N3O6. The number of rotatable bonds is 3. The van der Waals surface area contributed by atoms with Crippen molar-refractivity contribution in [2.45, 2.75) is 5.60 Å². The fourth-order valence-corrected chi connectivity index (χ4v) is 3.38. The van der Waals surface area contributed by atoms with Gasteiger partial charge in [-0.3, -0.25) is 14.9 Å². The molecule has 3 aromatic rings. The molecule has 1 unspecified atom stereocenters. The molecule has 1 atom stereocenters. The van der Waals surface area contributed by atoms with Crippen molar-refractivity contribution in [2.24, 2.45) is 5.73 Å². The van der Waals surface area contributed by atoms with Gasteiger partial charge < -0.3 is 10.5 Å². The van der Waals surface area contributed by atoms with Gasteiger partial charge in [0.2, 0.25) is 0 Å². The van der Waals surface area contributed by atoms with Gasteiger partial charge in [-0.25, -0.2) is 14.4 Å². The zero-order valence-corrected chi connectivity index (χ0v) is 15.9. The molecule has 9 heteroatoms. The summed E-state index contributed by atoms with van der Waals surface area (Å²) in [6, 6.07) is 16.6. The second kappa shape index (κ2) is 7.38. The van der Waals surface area contributed by atoms with Crippen molar-refractivity contribution in [3.63, 3.8) is 0 Å². The van der Waals surface area contributed by atoms with Gasteiger partial charge in [-0.1, -0.05) is 60.7 Å². The molecule has 0 spiro atoms. The van der Waals surface area contributed by atoms with Crippen molar-refractivity contribution in [2.75, 3.05) is 0 Å². The molecule has 0 saturated carbocycles. The molecular weight excluding hydrogens is 402 g/mol. The van der Waals surface area contributed by atoms with Crippen molar-refractivity contribution >= 4 is 40.6 Å². The summed E-state index contributed by atoms with van der Waals surface area (Å²) in [4.78, 5) is 62.8. The average Bonchev–Trinajstić information content (AvgIpc) is 2.76. The van der Waals surface area contributed by atoms with Gasteiger partial charge in [-0.15, -0.1) is 0 Å². The van der Waals surface area contributed by atoms with Crippen LogP contribution in [0, 0.1) is 0 Å². The SMILES string of the molecule is NC(=O)N1C(=O)NC(=O)C(OC(=O)c2ccc3ccccc3c2)(c2ccccc2)C1=O. The fourth-order valence-electron chi connectivity index (χ4n) is 3.38. The molecule has 0 aliphatic carbocycles. The molecule has 6 amide bonds. The van der Waals surface area contributed by atoms with Crippen LogP contribution in [0.2, 0.25) is 0 Å². The third-order valence-corrected chi connectivity index (χ3v) is 4.88. The molecule has 0 bridgehead atoms. The predicted molar refractivity (Wildman–Crippen MR) is 107 cm³/mol. The highest BCUT2D eigenvalue weighted by Crippen LogP contribution is 2.33. The quantitative estimate of drug-likeness (QED) is 0.494. The highest BCUT2D eigenvalue weighted by atomic mass is 16.6. The highest BCUT2D eigenvalue weighted by molar-refractivity contribution is 6.27. The van der Waals surface area contributed by atoms with Gasteiger partial charge in [-0.2, -0.15) is 4.90 Å². The van der Waals surface area contributed by atoms with Crippen molar-refractivity contribution in [1.82, 2.24) is 10.2 Å². The van der Waals surface area contributed by atoms with Crippen LogP contribution < -0.4 is 11.1 Å². The Morgan fingerprint density at radius 1 is 0.871 bits per heavy atom. The summed E-state index contributed by atoms with van der Waals surface area (Å²) in [5.74, 6) is -3.59. The maximum absolute atomic E-state index is 13.2. The van der Waals surface area contributed by atoms with E-state index in [9.17, 15) is 24.0 Å². The van der Waals surface area contributed by atoms with Crippen molar-refractivity contribution < 1.29 is 28.7 Å². The topological polar surface area (TPSA) is 136 Å². The van der Waals surface area contributed by atoms with E-state index in [1.807, 2.05) is 17.4 Å². The Bertz CT molecular complexity index is 1260. The molecule has 4 rings (SSSR count). The standard InChI is InChI=1S/C22H15N3O6/c23-20(29)25-19(28)22(18(27)24-21(25)30,16-8-2-1-3-9-16)31-17(26)15-11-10-13-6-4-5-7-14(13)12-15/h1-12H,(H2,23,29)(H,24,27,30). The molecule has 154 valence electrons. The summed E-state index contributed by atoms with van der Waals surface area (Å²) in [5.41, 5.74) is 2.55. The second-order valence-corrected chi connectivity index (χ2v) is 6.74. The van der Waals surface area contributed by atoms with Gasteiger partial charge in [0, 0.05) is 5.56 Å². The number of urea groups is 2. The van der Waals surface area contributed by atoms with Gasteiger partial charge in [0.05, 0.1) is 5.56 Å².